The molecular weight excluding hydrogens is 337 g/mol. The van der Waals surface area contributed by atoms with Crippen LogP contribution in [0.1, 0.15) is 36.2 Å². The number of alkyl halides is 3. The number of hydrogen-bond donors (Lipinski definition) is 2. The summed E-state index contributed by atoms with van der Waals surface area (Å²) in [7, 11) is 0. The largest absolute Gasteiger partial charge is 0.440 e. The summed E-state index contributed by atoms with van der Waals surface area (Å²) in [6.45, 7) is 4.14. The third-order valence-electron chi connectivity index (χ3n) is 3.27. The Morgan fingerprint density at radius 3 is 2.28 bits per heavy atom. The van der Waals surface area contributed by atoms with E-state index in [1.807, 2.05) is 20.8 Å². The number of nitrogens with one attached hydrogen (secondary N) is 2. The van der Waals surface area contributed by atoms with Gasteiger partial charge >= 0.3 is 12.3 Å². The molecule has 2 N–H and O–H groups in total. The van der Waals surface area contributed by atoms with Gasteiger partial charge in [0, 0.05) is 18.2 Å². The molecule has 5 nitrogen and oxygen atoms in total. The fourth-order valence-corrected chi connectivity index (χ4v) is 2.14. The van der Waals surface area contributed by atoms with E-state index in [1.54, 1.807) is 24.3 Å². The Labute approximate surface area is 144 Å². The van der Waals surface area contributed by atoms with E-state index < -0.39 is 24.9 Å². The van der Waals surface area contributed by atoms with Gasteiger partial charge in [0.2, 0.25) is 0 Å². The number of aryl methyl sites for hydroxylation is 1. The van der Waals surface area contributed by atoms with Crippen LogP contribution < -0.4 is 10.6 Å². The quantitative estimate of drug-likeness (QED) is 0.783. The second-order valence-corrected chi connectivity index (χ2v) is 6.24. The van der Waals surface area contributed by atoms with E-state index in [0.29, 0.717) is 12.0 Å². The highest BCUT2D eigenvalue weighted by atomic mass is 19.4. The molecule has 0 bridgehead atoms. The standard InChI is InChI=1S/C17H23F3N2O3/c1-11(2)8-14(22-16(24)25-10-17(18,19)20)9-21-15(23)13-6-4-12(3)5-7-13/h4-7,11,14H,8-10H2,1-3H3,(H,21,23)(H,22,24). The van der Waals surface area contributed by atoms with Crippen molar-refractivity contribution in [1.82, 2.24) is 10.6 Å². The normalized spacial score (nSPS) is 12.6. The number of benzene rings is 1. The molecule has 0 spiro atoms. The number of rotatable bonds is 7. The van der Waals surface area contributed by atoms with Gasteiger partial charge in [-0.2, -0.15) is 13.2 Å². The summed E-state index contributed by atoms with van der Waals surface area (Å²) in [6.07, 6.45) is -5.26. The Morgan fingerprint density at radius 2 is 1.76 bits per heavy atom. The lowest BCUT2D eigenvalue weighted by atomic mass is 10.0. The number of carbonyl (C=O) groups excluding carboxylic acids is 2. The van der Waals surface area contributed by atoms with Crippen LogP contribution in [0.4, 0.5) is 18.0 Å². The summed E-state index contributed by atoms with van der Waals surface area (Å²) < 4.78 is 40.3. The van der Waals surface area contributed by atoms with Crippen molar-refractivity contribution in [3.63, 3.8) is 0 Å². The molecule has 1 aromatic rings. The molecule has 1 atom stereocenters. The number of amides is 2. The van der Waals surface area contributed by atoms with Gasteiger partial charge in [-0.3, -0.25) is 4.79 Å². The summed E-state index contributed by atoms with van der Waals surface area (Å²) in [5.74, 6) is -0.150. The first-order valence-electron chi connectivity index (χ1n) is 7.91. The third kappa shape index (κ3) is 8.97. The highest BCUT2D eigenvalue weighted by Gasteiger charge is 2.30. The maximum atomic E-state index is 12.1. The number of hydrogen-bond acceptors (Lipinski definition) is 3. The molecule has 25 heavy (non-hydrogen) atoms. The second kappa shape index (κ2) is 9.29. The molecule has 8 heteroatoms. The van der Waals surface area contributed by atoms with Crippen LogP contribution in [0.15, 0.2) is 24.3 Å². The first-order chi connectivity index (χ1) is 11.6. The monoisotopic (exact) mass is 360 g/mol. The Morgan fingerprint density at radius 1 is 1.16 bits per heavy atom. The van der Waals surface area contributed by atoms with Crippen LogP contribution in [0.2, 0.25) is 0 Å². The summed E-state index contributed by atoms with van der Waals surface area (Å²) in [6, 6.07) is 6.41. The Balaban J connectivity index is 2.56. The van der Waals surface area contributed by atoms with E-state index in [-0.39, 0.29) is 18.4 Å². The number of alkyl carbamates (subject to hydrolysis) is 1. The zero-order valence-corrected chi connectivity index (χ0v) is 14.4. The van der Waals surface area contributed by atoms with E-state index in [4.69, 9.17) is 0 Å². The number of carbonyl (C=O) groups is 2. The van der Waals surface area contributed by atoms with E-state index in [9.17, 15) is 22.8 Å². The molecule has 1 aromatic carbocycles. The Hall–Kier alpha value is -2.25. The molecule has 0 aliphatic rings. The zero-order valence-electron chi connectivity index (χ0n) is 14.4. The van der Waals surface area contributed by atoms with Gasteiger partial charge in [-0.15, -0.1) is 0 Å². The molecule has 0 saturated heterocycles. The first-order valence-corrected chi connectivity index (χ1v) is 7.91. The van der Waals surface area contributed by atoms with E-state index in [1.165, 1.54) is 0 Å². The minimum Gasteiger partial charge on any atom is -0.440 e. The molecule has 2 amide bonds. The predicted molar refractivity (Wildman–Crippen MR) is 87.3 cm³/mol. The molecule has 0 aromatic heterocycles. The molecule has 0 heterocycles. The molecule has 1 rings (SSSR count). The van der Waals surface area contributed by atoms with Crippen molar-refractivity contribution >= 4 is 12.0 Å². The Bertz CT molecular complexity index is 571. The van der Waals surface area contributed by atoms with E-state index in [0.717, 1.165) is 5.56 Å². The van der Waals surface area contributed by atoms with Gasteiger partial charge in [-0.05, 0) is 31.4 Å². The summed E-state index contributed by atoms with van der Waals surface area (Å²) in [4.78, 5) is 23.6. The van der Waals surface area contributed by atoms with Gasteiger partial charge in [-0.1, -0.05) is 31.5 Å². The van der Waals surface area contributed by atoms with E-state index >= 15 is 0 Å². The van der Waals surface area contributed by atoms with Crippen LogP contribution in [-0.4, -0.2) is 37.4 Å². The van der Waals surface area contributed by atoms with Crippen molar-refractivity contribution in [2.45, 2.75) is 39.4 Å². The first kappa shape index (κ1) is 20.8. The lowest BCUT2D eigenvalue weighted by Crippen LogP contribution is -2.45. The van der Waals surface area contributed by atoms with Crippen molar-refractivity contribution < 1.29 is 27.5 Å². The highest BCUT2D eigenvalue weighted by molar-refractivity contribution is 5.94. The minimum absolute atomic E-state index is 0.0893. The molecular formula is C17H23F3N2O3. The molecule has 0 fully saturated rings. The average molecular weight is 360 g/mol. The van der Waals surface area contributed by atoms with Gasteiger partial charge in [0.1, 0.15) is 0 Å². The van der Waals surface area contributed by atoms with Gasteiger partial charge in [0.05, 0.1) is 0 Å². The van der Waals surface area contributed by atoms with Crippen LogP contribution in [-0.2, 0) is 4.74 Å². The third-order valence-corrected chi connectivity index (χ3v) is 3.27. The topological polar surface area (TPSA) is 67.4 Å². The fourth-order valence-electron chi connectivity index (χ4n) is 2.14. The van der Waals surface area contributed by atoms with E-state index in [2.05, 4.69) is 15.4 Å². The van der Waals surface area contributed by atoms with Crippen molar-refractivity contribution in [3.05, 3.63) is 35.4 Å². The molecule has 0 saturated carbocycles. The summed E-state index contributed by atoms with van der Waals surface area (Å²) in [5.41, 5.74) is 1.48. The molecule has 140 valence electrons. The second-order valence-electron chi connectivity index (χ2n) is 6.24. The average Bonchev–Trinajstić information content (AvgIpc) is 2.50. The molecule has 0 aliphatic heterocycles. The lowest BCUT2D eigenvalue weighted by molar-refractivity contribution is -0.160. The maximum absolute atomic E-state index is 12.1. The SMILES string of the molecule is Cc1ccc(C(=O)NCC(CC(C)C)NC(=O)OCC(F)(F)F)cc1. The highest BCUT2D eigenvalue weighted by Crippen LogP contribution is 2.14. The van der Waals surface area contributed by atoms with Gasteiger partial charge < -0.3 is 15.4 Å². The molecule has 0 aliphatic carbocycles. The van der Waals surface area contributed by atoms with Gasteiger partial charge in [-0.25, -0.2) is 4.79 Å². The van der Waals surface area contributed by atoms with Gasteiger partial charge in [0.15, 0.2) is 6.61 Å². The smallest absolute Gasteiger partial charge is 0.422 e. The Kier molecular flexibility index (Phi) is 7.73. The van der Waals surface area contributed by atoms with Crippen LogP contribution in [0.25, 0.3) is 0 Å². The van der Waals surface area contributed by atoms with Crippen molar-refractivity contribution in [2.24, 2.45) is 5.92 Å². The minimum atomic E-state index is -4.58. The van der Waals surface area contributed by atoms with Crippen LogP contribution in [0.3, 0.4) is 0 Å². The predicted octanol–water partition coefficient (Wildman–Crippen LogP) is 3.43. The number of ether oxygens (including phenoxy) is 1. The van der Waals surface area contributed by atoms with Crippen LogP contribution >= 0.6 is 0 Å². The van der Waals surface area contributed by atoms with Crippen molar-refractivity contribution in [3.8, 4) is 0 Å². The molecule has 0 radical (unpaired) electrons. The number of halogens is 3. The van der Waals surface area contributed by atoms with Crippen molar-refractivity contribution in [1.29, 1.82) is 0 Å². The van der Waals surface area contributed by atoms with Crippen LogP contribution in [0, 0.1) is 12.8 Å². The van der Waals surface area contributed by atoms with Crippen LogP contribution in [0.5, 0.6) is 0 Å². The van der Waals surface area contributed by atoms with Gasteiger partial charge in [0.25, 0.3) is 5.91 Å². The summed E-state index contributed by atoms with van der Waals surface area (Å²) in [5, 5.41) is 5.03. The summed E-state index contributed by atoms with van der Waals surface area (Å²) >= 11 is 0. The fraction of sp³-hybridized carbons (Fsp3) is 0.529. The molecule has 1 unspecified atom stereocenters. The zero-order chi connectivity index (χ0) is 19.0. The van der Waals surface area contributed by atoms with Crippen molar-refractivity contribution in [2.75, 3.05) is 13.2 Å². The lowest BCUT2D eigenvalue weighted by Gasteiger charge is -2.21. The maximum Gasteiger partial charge on any atom is 0.422 e.